The zero-order valence-corrected chi connectivity index (χ0v) is 20.8. The fraction of sp³-hybridized carbons (Fsp3) is 0.964. The molecule has 3 nitrogen and oxygen atoms in total. The molecule has 0 amide bonds. The molecule has 5 fully saturated rings. The first kappa shape index (κ1) is 22.4. The molecule has 31 heavy (non-hydrogen) atoms. The fourth-order valence-corrected chi connectivity index (χ4v) is 10.4. The third kappa shape index (κ3) is 2.87. The number of ketones is 1. The predicted octanol–water partition coefficient (Wildman–Crippen LogP) is 5.88. The van der Waals surface area contributed by atoms with Crippen molar-refractivity contribution in [2.75, 3.05) is 7.11 Å². The van der Waals surface area contributed by atoms with Gasteiger partial charge in [-0.05, 0) is 97.7 Å². The predicted molar refractivity (Wildman–Crippen MR) is 123 cm³/mol. The van der Waals surface area contributed by atoms with Crippen molar-refractivity contribution >= 4 is 5.78 Å². The molecule has 5 rings (SSSR count). The van der Waals surface area contributed by atoms with Crippen LogP contribution >= 0.6 is 0 Å². The minimum atomic E-state index is -0.492. The van der Waals surface area contributed by atoms with Gasteiger partial charge in [0.05, 0.1) is 12.2 Å². The van der Waals surface area contributed by atoms with E-state index in [2.05, 4.69) is 20.8 Å². The summed E-state index contributed by atoms with van der Waals surface area (Å²) in [6.07, 6.45) is 11.0. The maximum atomic E-state index is 12.3. The van der Waals surface area contributed by atoms with E-state index in [0.717, 1.165) is 23.7 Å². The molecule has 0 aromatic heterocycles. The van der Waals surface area contributed by atoms with Gasteiger partial charge < -0.3 is 9.84 Å². The molecule has 1 spiro atoms. The zero-order chi connectivity index (χ0) is 22.3. The highest BCUT2D eigenvalue weighted by Crippen LogP contribution is 2.82. The minimum absolute atomic E-state index is 0.0168. The summed E-state index contributed by atoms with van der Waals surface area (Å²) in [6, 6.07) is 0. The molecule has 11 atom stereocenters. The standard InChI is InChI=1S/C28H46O3/c1-16(2)23(29)14-24(30)17(3)20-7-8-21-19-13-25(31-6)28-15-18(28)9-12-27(28,5)22(19)10-11-26(20,21)4/h16-22,24-25,30H,7-15H2,1-6H3/t17-,18-,19-,20+,21-,22-,24+,25+,26+,27+,28-/m0/s1. The summed E-state index contributed by atoms with van der Waals surface area (Å²) in [7, 11) is 1.97. The molecule has 5 aliphatic carbocycles. The van der Waals surface area contributed by atoms with Gasteiger partial charge in [0.15, 0.2) is 0 Å². The van der Waals surface area contributed by atoms with Crippen LogP contribution in [0, 0.1) is 57.7 Å². The number of aliphatic hydroxyl groups is 1. The monoisotopic (exact) mass is 430 g/mol. The van der Waals surface area contributed by atoms with Gasteiger partial charge in [0.1, 0.15) is 5.78 Å². The molecule has 0 aromatic carbocycles. The summed E-state index contributed by atoms with van der Waals surface area (Å²) in [5.41, 5.74) is 1.29. The summed E-state index contributed by atoms with van der Waals surface area (Å²) in [6.45, 7) is 11.3. The number of Topliss-reactive ketones (excluding diaryl/α,β-unsaturated/α-hetero) is 1. The first-order chi connectivity index (χ1) is 14.6. The van der Waals surface area contributed by atoms with Crippen molar-refractivity contribution in [2.24, 2.45) is 57.7 Å². The van der Waals surface area contributed by atoms with E-state index >= 15 is 0 Å². The van der Waals surface area contributed by atoms with Crippen LogP contribution in [0.15, 0.2) is 0 Å². The Morgan fingerprint density at radius 1 is 1.06 bits per heavy atom. The lowest BCUT2D eigenvalue weighted by atomic mass is 9.45. The van der Waals surface area contributed by atoms with Gasteiger partial charge in [-0.25, -0.2) is 0 Å². The van der Waals surface area contributed by atoms with E-state index in [-0.39, 0.29) is 17.6 Å². The van der Waals surface area contributed by atoms with Crippen LogP contribution < -0.4 is 0 Å². The van der Waals surface area contributed by atoms with Crippen molar-refractivity contribution < 1.29 is 14.6 Å². The highest BCUT2D eigenvalue weighted by atomic mass is 16.5. The normalized spacial score (nSPS) is 52.1. The van der Waals surface area contributed by atoms with E-state index in [1.165, 1.54) is 51.4 Å². The van der Waals surface area contributed by atoms with Crippen molar-refractivity contribution in [3.63, 3.8) is 0 Å². The quantitative estimate of drug-likeness (QED) is 0.572. The Morgan fingerprint density at radius 3 is 2.45 bits per heavy atom. The second kappa shape index (κ2) is 7.29. The highest BCUT2D eigenvalue weighted by Gasteiger charge is 2.77. The van der Waals surface area contributed by atoms with Crippen LogP contribution in [-0.4, -0.2) is 30.2 Å². The van der Waals surface area contributed by atoms with Crippen LogP contribution in [-0.2, 0) is 9.53 Å². The lowest BCUT2D eigenvalue weighted by Gasteiger charge is -2.61. The topological polar surface area (TPSA) is 46.5 Å². The Balaban J connectivity index is 1.37. The van der Waals surface area contributed by atoms with Crippen LogP contribution in [0.25, 0.3) is 0 Å². The van der Waals surface area contributed by atoms with E-state index in [9.17, 15) is 9.90 Å². The van der Waals surface area contributed by atoms with Gasteiger partial charge in [-0.3, -0.25) is 4.79 Å². The molecule has 5 aliphatic rings. The molecule has 176 valence electrons. The molecule has 3 heteroatoms. The van der Waals surface area contributed by atoms with Gasteiger partial charge in [0.2, 0.25) is 0 Å². The molecule has 0 aromatic rings. The van der Waals surface area contributed by atoms with E-state index in [0.29, 0.717) is 34.7 Å². The minimum Gasteiger partial charge on any atom is -0.392 e. The maximum Gasteiger partial charge on any atom is 0.138 e. The number of aliphatic hydroxyl groups excluding tert-OH is 1. The number of carbonyl (C=O) groups is 1. The van der Waals surface area contributed by atoms with Gasteiger partial charge in [0.25, 0.3) is 0 Å². The Kier molecular flexibility index (Phi) is 5.27. The van der Waals surface area contributed by atoms with E-state index in [1.807, 2.05) is 21.0 Å². The number of rotatable bonds is 6. The van der Waals surface area contributed by atoms with E-state index in [4.69, 9.17) is 4.74 Å². The van der Waals surface area contributed by atoms with E-state index < -0.39 is 6.10 Å². The Labute approximate surface area is 190 Å². The maximum absolute atomic E-state index is 12.3. The second-order valence-electron chi connectivity index (χ2n) is 13.2. The van der Waals surface area contributed by atoms with Gasteiger partial charge in [-0.1, -0.05) is 34.6 Å². The number of carbonyl (C=O) groups excluding carboxylic acids is 1. The Bertz CT molecular complexity index is 732. The van der Waals surface area contributed by atoms with Gasteiger partial charge in [-0.2, -0.15) is 0 Å². The molecular weight excluding hydrogens is 384 g/mol. The average Bonchev–Trinajstić information content (AvgIpc) is 3.24. The highest BCUT2D eigenvalue weighted by molar-refractivity contribution is 5.80. The van der Waals surface area contributed by atoms with Crippen LogP contribution in [0.3, 0.4) is 0 Å². The summed E-state index contributed by atoms with van der Waals surface area (Å²) < 4.78 is 6.25. The summed E-state index contributed by atoms with van der Waals surface area (Å²) in [5, 5.41) is 11.0. The molecular formula is C28H46O3. The third-order valence-corrected chi connectivity index (χ3v) is 12.2. The zero-order valence-electron chi connectivity index (χ0n) is 20.8. The van der Waals surface area contributed by atoms with Crippen molar-refractivity contribution in [1.82, 2.24) is 0 Å². The number of ether oxygens (including phenoxy) is 1. The van der Waals surface area contributed by atoms with Gasteiger partial charge in [0, 0.05) is 24.9 Å². The van der Waals surface area contributed by atoms with Crippen LogP contribution in [0.4, 0.5) is 0 Å². The van der Waals surface area contributed by atoms with Crippen molar-refractivity contribution in [3.8, 4) is 0 Å². The smallest absolute Gasteiger partial charge is 0.138 e. The first-order valence-corrected chi connectivity index (χ1v) is 13.3. The van der Waals surface area contributed by atoms with Crippen LogP contribution in [0.1, 0.15) is 92.4 Å². The molecule has 5 saturated carbocycles. The summed E-state index contributed by atoms with van der Waals surface area (Å²) in [4.78, 5) is 12.3. The molecule has 0 unspecified atom stereocenters. The number of fused-ring (bicyclic) bond motifs is 4. The van der Waals surface area contributed by atoms with Crippen LogP contribution in [0.5, 0.6) is 0 Å². The van der Waals surface area contributed by atoms with Crippen LogP contribution in [0.2, 0.25) is 0 Å². The number of hydrogen-bond donors (Lipinski definition) is 1. The van der Waals surface area contributed by atoms with Gasteiger partial charge >= 0.3 is 0 Å². The second-order valence-corrected chi connectivity index (χ2v) is 13.2. The molecule has 0 aliphatic heterocycles. The molecule has 0 radical (unpaired) electrons. The number of methoxy groups -OCH3 is 1. The van der Waals surface area contributed by atoms with Crippen molar-refractivity contribution in [2.45, 2.75) is 105 Å². The lowest BCUT2D eigenvalue weighted by molar-refractivity contribution is -0.162. The largest absolute Gasteiger partial charge is 0.392 e. The molecule has 0 saturated heterocycles. The summed E-state index contributed by atoms with van der Waals surface area (Å²) >= 11 is 0. The lowest BCUT2D eigenvalue weighted by Crippen LogP contribution is -2.57. The Morgan fingerprint density at radius 2 is 1.81 bits per heavy atom. The van der Waals surface area contributed by atoms with Crippen molar-refractivity contribution in [3.05, 3.63) is 0 Å². The summed E-state index contributed by atoms with van der Waals surface area (Å²) in [5.74, 6) is 4.31. The third-order valence-electron chi connectivity index (χ3n) is 12.2. The molecule has 0 bridgehead atoms. The molecule has 1 N–H and O–H groups in total. The van der Waals surface area contributed by atoms with Gasteiger partial charge in [-0.15, -0.1) is 0 Å². The average molecular weight is 431 g/mol. The van der Waals surface area contributed by atoms with Crippen molar-refractivity contribution in [1.29, 1.82) is 0 Å². The first-order valence-electron chi connectivity index (χ1n) is 13.3. The fourth-order valence-electron chi connectivity index (χ4n) is 10.4. The molecule has 0 heterocycles. The SMILES string of the molecule is CO[C@@H]1C[C@H]2[C@@H]3CC[C@H]([C@H](C)[C@H](O)CC(=O)C(C)C)[C@@]3(C)CC[C@@H]2[C@@]2(C)CC[C@H]3C[C@]312. The Hall–Kier alpha value is -0.410. The van der Waals surface area contributed by atoms with E-state index in [1.54, 1.807) is 0 Å². The number of hydrogen-bond acceptors (Lipinski definition) is 3.